The number of para-hydroxylation sites is 1. The SMILES string of the molecule is CCn1c2ccccc2c2cc(C3CCCCN3)ccc21. The van der Waals surface area contributed by atoms with Crippen molar-refractivity contribution in [1.29, 1.82) is 0 Å². The van der Waals surface area contributed by atoms with E-state index in [1.807, 2.05) is 0 Å². The average molecular weight is 278 g/mol. The van der Waals surface area contributed by atoms with E-state index in [4.69, 9.17) is 0 Å². The summed E-state index contributed by atoms with van der Waals surface area (Å²) in [7, 11) is 0. The van der Waals surface area contributed by atoms with Crippen LogP contribution in [0.25, 0.3) is 21.8 Å². The van der Waals surface area contributed by atoms with E-state index in [1.165, 1.54) is 46.6 Å². The van der Waals surface area contributed by atoms with E-state index in [1.54, 1.807) is 0 Å². The summed E-state index contributed by atoms with van der Waals surface area (Å²) < 4.78 is 2.42. The number of rotatable bonds is 2. The minimum absolute atomic E-state index is 0.534. The topological polar surface area (TPSA) is 17.0 Å². The molecule has 1 aliphatic rings. The standard InChI is InChI=1S/C19H22N2/c1-2-21-18-9-4-3-7-15(18)16-13-14(10-11-19(16)21)17-8-5-6-12-20-17/h3-4,7,9-11,13,17,20H,2,5-6,8,12H2,1H3. The number of benzene rings is 2. The lowest BCUT2D eigenvalue weighted by molar-refractivity contribution is 0.412. The molecule has 2 heterocycles. The van der Waals surface area contributed by atoms with Gasteiger partial charge in [-0.1, -0.05) is 30.7 Å². The fourth-order valence-corrected chi connectivity index (χ4v) is 3.77. The van der Waals surface area contributed by atoms with Crippen molar-refractivity contribution in [1.82, 2.24) is 9.88 Å². The van der Waals surface area contributed by atoms with Crippen LogP contribution in [0.15, 0.2) is 42.5 Å². The summed E-state index contributed by atoms with van der Waals surface area (Å²) in [6.07, 6.45) is 3.91. The zero-order valence-electron chi connectivity index (χ0n) is 12.6. The molecule has 1 fully saturated rings. The molecule has 21 heavy (non-hydrogen) atoms. The number of hydrogen-bond acceptors (Lipinski definition) is 1. The molecule has 1 aromatic heterocycles. The van der Waals surface area contributed by atoms with Crippen molar-refractivity contribution in [3.8, 4) is 0 Å². The maximum absolute atomic E-state index is 3.66. The summed E-state index contributed by atoms with van der Waals surface area (Å²) in [5.74, 6) is 0. The van der Waals surface area contributed by atoms with Gasteiger partial charge in [0.05, 0.1) is 0 Å². The van der Waals surface area contributed by atoms with Crippen molar-refractivity contribution in [3.05, 3.63) is 48.0 Å². The highest BCUT2D eigenvalue weighted by Crippen LogP contribution is 2.32. The molecule has 4 rings (SSSR count). The molecule has 0 aliphatic carbocycles. The molecule has 3 aromatic rings. The lowest BCUT2D eigenvalue weighted by Gasteiger charge is -2.24. The van der Waals surface area contributed by atoms with E-state index in [2.05, 4.69) is 59.3 Å². The number of fused-ring (bicyclic) bond motifs is 3. The number of nitrogens with zero attached hydrogens (tertiary/aromatic N) is 1. The summed E-state index contributed by atoms with van der Waals surface area (Å²) >= 11 is 0. The predicted octanol–water partition coefficient (Wildman–Crippen LogP) is 4.63. The van der Waals surface area contributed by atoms with E-state index < -0.39 is 0 Å². The van der Waals surface area contributed by atoms with Crippen molar-refractivity contribution >= 4 is 21.8 Å². The first kappa shape index (κ1) is 12.9. The molecule has 1 N–H and O–H groups in total. The first-order valence-corrected chi connectivity index (χ1v) is 8.13. The quantitative estimate of drug-likeness (QED) is 0.723. The predicted molar refractivity (Wildman–Crippen MR) is 89.7 cm³/mol. The van der Waals surface area contributed by atoms with Gasteiger partial charge in [-0.05, 0) is 50.1 Å². The molecule has 1 unspecified atom stereocenters. The highest BCUT2D eigenvalue weighted by molar-refractivity contribution is 6.08. The second-order valence-electron chi connectivity index (χ2n) is 6.04. The third kappa shape index (κ3) is 2.06. The summed E-state index contributed by atoms with van der Waals surface area (Å²) in [6, 6.07) is 16.3. The van der Waals surface area contributed by atoms with Gasteiger partial charge in [0.1, 0.15) is 0 Å². The molecule has 0 radical (unpaired) electrons. The largest absolute Gasteiger partial charge is 0.341 e. The van der Waals surface area contributed by atoms with Gasteiger partial charge in [0.2, 0.25) is 0 Å². The minimum atomic E-state index is 0.534. The van der Waals surface area contributed by atoms with Crippen LogP contribution in [0.3, 0.4) is 0 Å². The molecule has 0 bridgehead atoms. The minimum Gasteiger partial charge on any atom is -0.341 e. The molecule has 108 valence electrons. The first-order valence-electron chi connectivity index (χ1n) is 8.13. The van der Waals surface area contributed by atoms with Gasteiger partial charge in [0, 0.05) is 34.4 Å². The Balaban J connectivity index is 1.92. The Hall–Kier alpha value is -1.80. The van der Waals surface area contributed by atoms with Gasteiger partial charge < -0.3 is 9.88 Å². The van der Waals surface area contributed by atoms with E-state index in [0.29, 0.717) is 6.04 Å². The molecule has 1 saturated heterocycles. The van der Waals surface area contributed by atoms with Crippen LogP contribution >= 0.6 is 0 Å². The molecule has 0 amide bonds. The van der Waals surface area contributed by atoms with Gasteiger partial charge in [-0.15, -0.1) is 0 Å². The van der Waals surface area contributed by atoms with Gasteiger partial charge in [0.25, 0.3) is 0 Å². The fraction of sp³-hybridized carbons (Fsp3) is 0.368. The van der Waals surface area contributed by atoms with Crippen LogP contribution in [0.4, 0.5) is 0 Å². The Bertz CT molecular complexity index is 779. The van der Waals surface area contributed by atoms with Crippen LogP contribution in [0.5, 0.6) is 0 Å². The molecule has 2 heteroatoms. The number of nitrogens with one attached hydrogen (secondary N) is 1. The number of piperidine rings is 1. The summed E-state index contributed by atoms with van der Waals surface area (Å²) in [6.45, 7) is 4.40. The highest BCUT2D eigenvalue weighted by Gasteiger charge is 2.16. The smallest absolute Gasteiger partial charge is 0.0491 e. The Morgan fingerprint density at radius 3 is 2.71 bits per heavy atom. The van der Waals surface area contributed by atoms with Crippen LogP contribution in [-0.2, 0) is 6.54 Å². The van der Waals surface area contributed by atoms with Gasteiger partial charge >= 0.3 is 0 Å². The van der Waals surface area contributed by atoms with E-state index in [-0.39, 0.29) is 0 Å². The van der Waals surface area contributed by atoms with Crippen LogP contribution in [-0.4, -0.2) is 11.1 Å². The van der Waals surface area contributed by atoms with Crippen LogP contribution in [0.2, 0.25) is 0 Å². The summed E-state index contributed by atoms with van der Waals surface area (Å²) in [4.78, 5) is 0. The lowest BCUT2D eigenvalue weighted by atomic mass is 9.96. The molecule has 2 nitrogen and oxygen atoms in total. The van der Waals surface area contributed by atoms with Crippen LogP contribution < -0.4 is 5.32 Å². The van der Waals surface area contributed by atoms with Crippen molar-refractivity contribution in [2.45, 2.75) is 38.8 Å². The first-order chi connectivity index (χ1) is 10.4. The molecular weight excluding hydrogens is 256 g/mol. The third-order valence-corrected chi connectivity index (χ3v) is 4.83. The fourth-order valence-electron chi connectivity index (χ4n) is 3.77. The maximum Gasteiger partial charge on any atom is 0.0491 e. The van der Waals surface area contributed by atoms with Crippen LogP contribution in [0.1, 0.15) is 37.8 Å². The van der Waals surface area contributed by atoms with Crippen molar-refractivity contribution in [3.63, 3.8) is 0 Å². The molecule has 1 aliphatic heterocycles. The average Bonchev–Trinajstić information content (AvgIpc) is 2.88. The second-order valence-corrected chi connectivity index (χ2v) is 6.04. The molecule has 0 saturated carbocycles. The zero-order valence-corrected chi connectivity index (χ0v) is 12.6. The third-order valence-electron chi connectivity index (χ3n) is 4.83. The molecule has 2 aromatic carbocycles. The van der Waals surface area contributed by atoms with Crippen molar-refractivity contribution in [2.24, 2.45) is 0 Å². The molecule has 0 spiro atoms. The molecule has 1 atom stereocenters. The Kier molecular flexibility index (Phi) is 3.19. The Morgan fingerprint density at radius 2 is 1.90 bits per heavy atom. The van der Waals surface area contributed by atoms with E-state index in [9.17, 15) is 0 Å². The summed E-state index contributed by atoms with van der Waals surface area (Å²) in [5.41, 5.74) is 4.16. The second kappa shape index (κ2) is 5.19. The van der Waals surface area contributed by atoms with Gasteiger partial charge in [-0.2, -0.15) is 0 Å². The highest BCUT2D eigenvalue weighted by atomic mass is 15.0. The Labute approximate surface area is 125 Å². The monoisotopic (exact) mass is 278 g/mol. The Morgan fingerprint density at radius 1 is 1.05 bits per heavy atom. The number of aromatic nitrogens is 1. The zero-order chi connectivity index (χ0) is 14.2. The molecular formula is C19H22N2. The van der Waals surface area contributed by atoms with Gasteiger partial charge in [0.15, 0.2) is 0 Å². The van der Waals surface area contributed by atoms with Gasteiger partial charge in [-0.3, -0.25) is 0 Å². The van der Waals surface area contributed by atoms with Crippen molar-refractivity contribution in [2.75, 3.05) is 6.54 Å². The lowest BCUT2D eigenvalue weighted by Crippen LogP contribution is -2.26. The van der Waals surface area contributed by atoms with Crippen LogP contribution in [0, 0.1) is 0 Å². The van der Waals surface area contributed by atoms with E-state index in [0.717, 1.165) is 13.1 Å². The van der Waals surface area contributed by atoms with Gasteiger partial charge in [-0.25, -0.2) is 0 Å². The maximum atomic E-state index is 3.66. The normalized spacial score (nSPS) is 19.4. The van der Waals surface area contributed by atoms with Crippen molar-refractivity contribution < 1.29 is 0 Å². The summed E-state index contributed by atoms with van der Waals surface area (Å²) in [5, 5.41) is 6.44. The van der Waals surface area contributed by atoms with E-state index >= 15 is 0 Å². The number of hydrogen-bond donors (Lipinski definition) is 1. The number of aryl methyl sites for hydroxylation is 1.